The maximum atomic E-state index is 11.9. The quantitative estimate of drug-likeness (QED) is 0.894. The number of aromatic nitrogens is 2. The first-order chi connectivity index (χ1) is 10.7. The standard InChI is InChI=1S/C15H17N3O2S2/c1-20-11-6-4-5-10(9-11)16-14-17-18-15(22-14)21-13-8-3-2-7-12(13)19/h4-6,9,13H,2-3,7-8H2,1H3,(H,16,17)/t13-/m0/s1. The van der Waals surface area contributed by atoms with Gasteiger partial charge >= 0.3 is 0 Å². The van der Waals surface area contributed by atoms with Gasteiger partial charge in [-0.3, -0.25) is 4.79 Å². The molecule has 3 rings (SSSR count). The minimum absolute atomic E-state index is 0.0476. The predicted octanol–water partition coefficient (Wildman–Crippen LogP) is 3.89. The average Bonchev–Trinajstić information content (AvgIpc) is 2.97. The summed E-state index contributed by atoms with van der Waals surface area (Å²) >= 11 is 3.02. The van der Waals surface area contributed by atoms with Crippen LogP contribution in [0.15, 0.2) is 28.6 Å². The lowest BCUT2D eigenvalue weighted by molar-refractivity contribution is -0.119. The van der Waals surface area contributed by atoms with Crippen molar-refractivity contribution >= 4 is 39.7 Å². The molecule has 1 atom stereocenters. The molecule has 1 N–H and O–H groups in total. The van der Waals surface area contributed by atoms with E-state index in [0.29, 0.717) is 12.2 Å². The molecule has 1 saturated carbocycles. The minimum atomic E-state index is 0.0476. The van der Waals surface area contributed by atoms with Crippen LogP contribution in [-0.4, -0.2) is 28.3 Å². The normalized spacial score (nSPS) is 18.2. The van der Waals surface area contributed by atoms with Gasteiger partial charge in [0, 0.05) is 18.2 Å². The van der Waals surface area contributed by atoms with Gasteiger partial charge in [-0.25, -0.2) is 0 Å². The topological polar surface area (TPSA) is 64.1 Å². The summed E-state index contributed by atoms with van der Waals surface area (Å²) in [7, 11) is 1.64. The van der Waals surface area contributed by atoms with Crippen molar-refractivity contribution in [2.45, 2.75) is 35.3 Å². The van der Waals surface area contributed by atoms with Gasteiger partial charge in [0.05, 0.1) is 12.4 Å². The number of carbonyl (C=O) groups excluding carboxylic acids is 1. The van der Waals surface area contributed by atoms with E-state index >= 15 is 0 Å². The number of anilines is 2. The van der Waals surface area contributed by atoms with E-state index in [4.69, 9.17) is 4.74 Å². The highest BCUT2D eigenvalue weighted by Crippen LogP contribution is 2.35. The van der Waals surface area contributed by atoms with E-state index in [2.05, 4.69) is 15.5 Å². The molecular formula is C15H17N3O2S2. The Kier molecular flexibility index (Phi) is 4.94. The van der Waals surface area contributed by atoms with Crippen molar-refractivity contribution in [1.82, 2.24) is 10.2 Å². The second-order valence-electron chi connectivity index (χ2n) is 5.05. The van der Waals surface area contributed by atoms with Gasteiger partial charge in [-0.05, 0) is 25.0 Å². The lowest BCUT2D eigenvalue weighted by Gasteiger charge is -2.17. The van der Waals surface area contributed by atoms with Crippen LogP contribution in [0.3, 0.4) is 0 Å². The summed E-state index contributed by atoms with van der Waals surface area (Å²) in [6.45, 7) is 0. The molecule has 0 amide bonds. The number of hydrogen-bond acceptors (Lipinski definition) is 7. The summed E-state index contributed by atoms with van der Waals surface area (Å²) in [5.41, 5.74) is 0.904. The molecule has 22 heavy (non-hydrogen) atoms. The molecule has 116 valence electrons. The van der Waals surface area contributed by atoms with Crippen molar-refractivity contribution in [2.24, 2.45) is 0 Å². The third kappa shape index (κ3) is 3.78. The van der Waals surface area contributed by atoms with Crippen LogP contribution >= 0.6 is 23.1 Å². The van der Waals surface area contributed by atoms with Crippen molar-refractivity contribution in [3.63, 3.8) is 0 Å². The number of nitrogens with zero attached hydrogens (tertiary/aromatic N) is 2. The minimum Gasteiger partial charge on any atom is -0.497 e. The van der Waals surface area contributed by atoms with Gasteiger partial charge in [-0.2, -0.15) is 0 Å². The molecule has 1 fully saturated rings. The van der Waals surface area contributed by atoms with E-state index < -0.39 is 0 Å². The molecule has 0 unspecified atom stereocenters. The summed E-state index contributed by atoms with van der Waals surface area (Å²) in [6.07, 6.45) is 3.79. The average molecular weight is 335 g/mol. The first-order valence-electron chi connectivity index (χ1n) is 7.18. The fraction of sp³-hybridized carbons (Fsp3) is 0.400. The molecule has 1 aromatic carbocycles. The number of ether oxygens (including phenoxy) is 1. The molecule has 1 heterocycles. The van der Waals surface area contributed by atoms with Crippen LogP contribution in [0.4, 0.5) is 10.8 Å². The molecule has 0 aliphatic heterocycles. The van der Waals surface area contributed by atoms with E-state index in [0.717, 1.165) is 40.2 Å². The first kappa shape index (κ1) is 15.3. The van der Waals surface area contributed by atoms with E-state index in [1.54, 1.807) is 18.9 Å². The van der Waals surface area contributed by atoms with Gasteiger partial charge in [0.25, 0.3) is 0 Å². The zero-order valence-corrected chi connectivity index (χ0v) is 13.9. The highest BCUT2D eigenvalue weighted by atomic mass is 32.2. The number of rotatable bonds is 5. The Morgan fingerprint density at radius 3 is 3.09 bits per heavy atom. The van der Waals surface area contributed by atoms with Crippen LogP contribution in [0.1, 0.15) is 25.7 Å². The predicted molar refractivity (Wildman–Crippen MR) is 89.3 cm³/mol. The maximum absolute atomic E-state index is 11.9. The first-order valence-corrected chi connectivity index (χ1v) is 8.88. The monoisotopic (exact) mass is 335 g/mol. The van der Waals surface area contributed by atoms with Crippen LogP contribution in [0.5, 0.6) is 5.75 Å². The SMILES string of the molecule is COc1cccc(Nc2nnc(S[C@H]3CCCCC3=O)s2)c1. The van der Waals surface area contributed by atoms with Gasteiger partial charge in [0.1, 0.15) is 11.5 Å². The number of Topliss-reactive ketones (excluding diaryl/α,β-unsaturated/α-hetero) is 1. The molecule has 1 aliphatic rings. The van der Waals surface area contributed by atoms with Crippen molar-refractivity contribution < 1.29 is 9.53 Å². The highest BCUT2D eigenvalue weighted by Gasteiger charge is 2.24. The summed E-state index contributed by atoms with van der Waals surface area (Å²) < 4.78 is 6.03. The Balaban J connectivity index is 1.64. The van der Waals surface area contributed by atoms with Crippen LogP contribution in [-0.2, 0) is 4.79 Å². The zero-order valence-electron chi connectivity index (χ0n) is 12.2. The van der Waals surface area contributed by atoms with Crippen LogP contribution < -0.4 is 10.1 Å². The lowest BCUT2D eigenvalue weighted by atomic mass is 9.99. The number of benzene rings is 1. The molecule has 5 nitrogen and oxygen atoms in total. The fourth-order valence-electron chi connectivity index (χ4n) is 2.33. The third-order valence-corrected chi connectivity index (χ3v) is 5.71. The van der Waals surface area contributed by atoms with Gasteiger partial charge < -0.3 is 10.1 Å². The van der Waals surface area contributed by atoms with Crippen LogP contribution in [0.2, 0.25) is 0 Å². The smallest absolute Gasteiger partial charge is 0.210 e. The number of nitrogens with one attached hydrogen (secondary N) is 1. The van der Waals surface area contributed by atoms with E-state index in [9.17, 15) is 4.79 Å². The van der Waals surface area contributed by atoms with Crippen molar-refractivity contribution in [2.75, 3.05) is 12.4 Å². The number of thioether (sulfide) groups is 1. The second-order valence-corrected chi connectivity index (χ2v) is 7.48. The summed E-state index contributed by atoms with van der Waals surface area (Å²) in [5, 5.41) is 12.3. The molecule has 2 aromatic rings. The lowest BCUT2D eigenvalue weighted by Crippen LogP contribution is -2.21. The third-order valence-electron chi connectivity index (χ3n) is 3.47. The van der Waals surface area contributed by atoms with Gasteiger partial charge in [0.15, 0.2) is 4.34 Å². The van der Waals surface area contributed by atoms with Gasteiger partial charge in [0.2, 0.25) is 5.13 Å². The van der Waals surface area contributed by atoms with Crippen LogP contribution in [0, 0.1) is 0 Å². The molecule has 0 saturated heterocycles. The Bertz CT molecular complexity index is 660. The summed E-state index contributed by atoms with van der Waals surface area (Å²) in [4.78, 5) is 11.9. The van der Waals surface area contributed by atoms with Gasteiger partial charge in [-0.1, -0.05) is 35.6 Å². The van der Waals surface area contributed by atoms with Crippen molar-refractivity contribution in [3.05, 3.63) is 24.3 Å². The second kappa shape index (κ2) is 7.11. The summed E-state index contributed by atoms with van der Waals surface area (Å²) in [5.74, 6) is 1.13. The van der Waals surface area contributed by atoms with Crippen molar-refractivity contribution in [1.29, 1.82) is 0 Å². The Morgan fingerprint density at radius 1 is 1.36 bits per heavy atom. The summed E-state index contributed by atoms with van der Waals surface area (Å²) in [6, 6.07) is 7.65. The molecule has 7 heteroatoms. The number of ketones is 1. The van der Waals surface area contributed by atoms with E-state index in [-0.39, 0.29) is 5.25 Å². The number of methoxy groups -OCH3 is 1. The number of hydrogen-bond donors (Lipinski definition) is 1. The van der Waals surface area contributed by atoms with Crippen molar-refractivity contribution in [3.8, 4) is 5.75 Å². The fourth-order valence-corrected chi connectivity index (χ4v) is 4.47. The Hall–Kier alpha value is -1.60. The van der Waals surface area contributed by atoms with Gasteiger partial charge in [-0.15, -0.1) is 10.2 Å². The van der Waals surface area contributed by atoms with Crippen LogP contribution in [0.25, 0.3) is 0 Å². The Morgan fingerprint density at radius 2 is 2.27 bits per heavy atom. The molecule has 1 aromatic heterocycles. The molecule has 0 spiro atoms. The molecule has 0 radical (unpaired) electrons. The highest BCUT2D eigenvalue weighted by molar-refractivity contribution is 8.02. The Labute approximate surface area is 137 Å². The van der Waals surface area contributed by atoms with E-state index in [1.165, 1.54) is 11.3 Å². The largest absolute Gasteiger partial charge is 0.497 e. The maximum Gasteiger partial charge on any atom is 0.210 e. The zero-order chi connectivity index (χ0) is 15.4. The van der Waals surface area contributed by atoms with E-state index in [1.807, 2.05) is 24.3 Å². The molecule has 1 aliphatic carbocycles. The molecule has 0 bridgehead atoms. The molecular weight excluding hydrogens is 318 g/mol. The number of carbonyl (C=O) groups is 1.